The molecule has 17 heavy (non-hydrogen) atoms. The van der Waals surface area contributed by atoms with Crippen molar-refractivity contribution in [1.29, 1.82) is 0 Å². The number of carbonyl (C=O) groups is 1. The molecular formula is C12H21FN2O2. The Labute approximate surface area is 101 Å². The van der Waals surface area contributed by atoms with Gasteiger partial charge in [-0.25, -0.2) is 9.18 Å². The second-order valence-corrected chi connectivity index (χ2v) is 6.15. The van der Waals surface area contributed by atoms with Gasteiger partial charge in [-0.05, 0) is 33.1 Å². The third kappa shape index (κ3) is 2.54. The van der Waals surface area contributed by atoms with Crippen LogP contribution >= 0.6 is 0 Å². The normalized spacial score (nSPS) is 37.1. The minimum absolute atomic E-state index is 0.0995. The van der Waals surface area contributed by atoms with E-state index in [2.05, 4.69) is 0 Å². The molecule has 1 saturated carbocycles. The maximum atomic E-state index is 13.7. The second-order valence-electron chi connectivity index (χ2n) is 6.15. The average molecular weight is 244 g/mol. The Morgan fingerprint density at radius 3 is 2.59 bits per heavy atom. The van der Waals surface area contributed by atoms with Gasteiger partial charge in [0.2, 0.25) is 0 Å². The van der Waals surface area contributed by atoms with Gasteiger partial charge < -0.3 is 15.4 Å². The number of hydrogen-bond acceptors (Lipinski definition) is 3. The van der Waals surface area contributed by atoms with Gasteiger partial charge in [-0.1, -0.05) is 0 Å². The number of hydrogen-bond donors (Lipinski definition) is 1. The molecule has 2 rings (SSSR count). The Balaban J connectivity index is 1.94. The number of halogens is 1. The summed E-state index contributed by atoms with van der Waals surface area (Å²) in [6.07, 6.45) is -0.648. The molecule has 0 bridgehead atoms. The van der Waals surface area contributed by atoms with Crippen molar-refractivity contribution in [3.63, 3.8) is 0 Å². The molecule has 0 aromatic rings. The lowest BCUT2D eigenvalue weighted by atomic mass is 10.0. The molecule has 1 amide bonds. The van der Waals surface area contributed by atoms with E-state index in [4.69, 9.17) is 10.5 Å². The third-order valence-corrected chi connectivity index (χ3v) is 3.54. The van der Waals surface area contributed by atoms with Crippen LogP contribution in [0.25, 0.3) is 0 Å². The molecule has 0 aromatic heterocycles. The Hall–Kier alpha value is -0.840. The van der Waals surface area contributed by atoms with Gasteiger partial charge in [0.05, 0.1) is 0 Å². The fraction of sp³-hybridized carbons (Fsp3) is 0.917. The van der Waals surface area contributed by atoms with Gasteiger partial charge in [0.1, 0.15) is 11.8 Å². The first-order valence-electron chi connectivity index (χ1n) is 6.15. The number of carbonyl (C=O) groups excluding carboxylic acids is 1. The van der Waals surface area contributed by atoms with Gasteiger partial charge in [-0.15, -0.1) is 0 Å². The standard InChI is InChI=1S/C12H21FN2O2/c1-12(2,3)17-11(16)15-5-7-4-9(14)10(13)8(7)6-15/h7-10H,4-6,14H2,1-3H3/t7-,8+,9+,10-/m0/s1. The van der Waals surface area contributed by atoms with E-state index < -0.39 is 11.8 Å². The van der Waals surface area contributed by atoms with E-state index in [9.17, 15) is 9.18 Å². The van der Waals surface area contributed by atoms with E-state index in [1.54, 1.807) is 4.90 Å². The molecule has 1 aliphatic heterocycles. The van der Waals surface area contributed by atoms with Crippen LogP contribution < -0.4 is 5.73 Å². The van der Waals surface area contributed by atoms with E-state index in [1.807, 2.05) is 20.8 Å². The van der Waals surface area contributed by atoms with Crippen molar-refractivity contribution in [1.82, 2.24) is 4.90 Å². The Bertz CT molecular complexity index is 316. The minimum atomic E-state index is -0.979. The molecule has 4 nitrogen and oxygen atoms in total. The van der Waals surface area contributed by atoms with E-state index in [1.165, 1.54) is 0 Å². The lowest BCUT2D eigenvalue weighted by molar-refractivity contribution is 0.0272. The quantitative estimate of drug-likeness (QED) is 0.703. The highest BCUT2D eigenvalue weighted by molar-refractivity contribution is 5.68. The van der Waals surface area contributed by atoms with Gasteiger partial charge in [0.25, 0.3) is 0 Å². The van der Waals surface area contributed by atoms with E-state index in [0.717, 1.165) is 0 Å². The second kappa shape index (κ2) is 4.12. The van der Waals surface area contributed by atoms with Crippen molar-refractivity contribution in [2.24, 2.45) is 17.6 Å². The molecule has 2 N–H and O–H groups in total. The minimum Gasteiger partial charge on any atom is -0.444 e. The molecule has 1 heterocycles. The van der Waals surface area contributed by atoms with Crippen LogP contribution in [0, 0.1) is 11.8 Å². The summed E-state index contributed by atoms with van der Waals surface area (Å²) >= 11 is 0. The number of likely N-dealkylation sites (tertiary alicyclic amines) is 1. The van der Waals surface area contributed by atoms with Crippen molar-refractivity contribution >= 4 is 6.09 Å². The van der Waals surface area contributed by atoms with Crippen LogP contribution in [-0.2, 0) is 4.74 Å². The maximum Gasteiger partial charge on any atom is 0.410 e. The van der Waals surface area contributed by atoms with E-state index in [-0.39, 0.29) is 24.0 Å². The molecule has 1 aliphatic carbocycles. The zero-order chi connectivity index (χ0) is 12.8. The van der Waals surface area contributed by atoms with Crippen LogP contribution in [-0.4, -0.2) is 41.9 Å². The molecule has 0 radical (unpaired) electrons. The first-order chi connectivity index (χ1) is 7.78. The molecule has 5 heteroatoms. The highest BCUT2D eigenvalue weighted by Gasteiger charge is 2.48. The summed E-state index contributed by atoms with van der Waals surface area (Å²) < 4.78 is 19.0. The number of nitrogens with two attached hydrogens (primary N) is 1. The topological polar surface area (TPSA) is 55.6 Å². The summed E-state index contributed by atoms with van der Waals surface area (Å²) in [7, 11) is 0. The van der Waals surface area contributed by atoms with Gasteiger partial charge >= 0.3 is 6.09 Å². The smallest absolute Gasteiger partial charge is 0.410 e. The van der Waals surface area contributed by atoms with Gasteiger partial charge in [-0.2, -0.15) is 0 Å². The van der Waals surface area contributed by atoms with Crippen molar-refractivity contribution in [2.45, 2.75) is 45.0 Å². The first-order valence-corrected chi connectivity index (χ1v) is 6.15. The predicted molar refractivity (Wildman–Crippen MR) is 62.3 cm³/mol. The zero-order valence-electron chi connectivity index (χ0n) is 10.6. The fourth-order valence-electron chi connectivity index (χ4n) is 2.78. The number of alkyl halides is 1. The first kappa shape index (κ1) is 12.6. The lowest BCUT2D eigenvalue weighted by Gasteiger charge is -2.25. The molecule has 1 saturated heterocycles. The highest BCUT2D eigenvalue weighted by Crippen LogP contribution is 2.39. The summed E-state index contributed by atoms with van der Waals surface area (Å²) in [5, 5.41) is 0. The molecular weight excluding hydrogens is 223 g/mol. The van der Waals surface area contributed by atoms with E-state index >= 15 is 0 Å². The Morgan fingerprint density at radius 2 is 2.06 bits per heavy atom. The van der Waals surface area contributed by atoms with Gasteiger partial charge in [0.15, 0.2) is 0 Å². The van der Waals surface area contributed by atoms with Crippen molar-refractivity contribution in [2.75, 3.05) is 13.1 Å². The summed E-state index contributed by atoms with van der Waals surface area (Å²) in [5.41, 5.74) is 5.18. The molecule has 0 unspecified atom stereocenters. The maximum absolute atomic E-state index is 13.7. The number of rotatable bonds is 0. The van der Waals surface area contributed by atoms with Gasteiger partial charge in [0, 0.05) is 25.0 Å². The van der Waals surface area contributed by atoms with Crippen LogP contribution in [0.15, 0.2) is 0 Å². The Kier molecular flexibility index (Phi) is 3.06. The average Bonchev–Trinajstić information content (AvgIpc) is 2.66. The molecule has 0 spiro atoms. The molecule has 2 aliphatic rings. The van der Waals surface area contributed by atoms with Crippen molar-refractivity contribution < 1.29 is 13.9 Å². The van der Waals surface area contributed by atoms with Crippen LogP contribution in [0.1, 0.15) is 27.2 Å². The predicted octanol–water partition coefficient (Wildman–Crippen LogP) is 1.54. The summed E-state index contributed by atoms with van der Waals surface area (Å²) in [6.45, 7) is 6.50. The molecule has 2 fully saturated rings. The lowest BCUT2D eigenvalue weighted by Crippen LogP contribution is -2.38. The third-order valence-electron chi connectivity index (χ3n) is 3.54. The molecule has 4 atom stereocenters. The fourth-order valence-corrected chi connectivity index (χ4v) is 2.78. The van der Waals surface area contributed by atoms with E-state index in [0.29, 0.717) is 19.5 Å². The number of ether oxygens (including phenoxy) is 1. The SMILES string of the molecule is CC(C)(C)OC(=O)N1C[C@@H]2C[C@@H](N)[C@@H](F)[C@@H]2C1. The Morgan fingerprint density at radius 1 is 1.41 bits per heavy atom. The molecule has 0 aromatic carbocycles. The summed E-state index contributed by atoms with van der Waals surface area (Å²) in [5.74, 6) is 0.102. The zero-order valence-corrected chi connectivity index (χ0v) is 10.6. The summed E-state index contributed by atoms with van der Waals surface area (Å²) in [6, 6.07) is -0.356. The van der Waals surface area contributed by atoms with Crippen LogP contribution in [0.2, 0.25) is 0 Å². The highest BCUT2D eigenvalue weighted by atomic mass is 19.1. The summed E-state index contributed by atoms with van der Waals surface area (Å²) in [4.78, 5) is 13.4. The van der Waals surface area contributed by atoms with Crippen molar-refractivity contribution in [3.8, 4) is 0 Å². The largest absolute Gasteiger partial charge is 0.444 e. The van der Waals surface area contributed by atoms with Gasteiger partial charge in [-0.3, -0.25) is 0 Å². The van der Waals surface area contributed by atoms with Crippen LogP contribution in [0.4, 0.5) is 9.18 Å². The number of nitrogens with zero attached hydrogens (tertiary/aromatic N) is 1. The number of fused-ring (bicyclic) bond motifs is 1. The molecule has 98 valence electrons. The van der Waals surface area contributed by atoms with Crippen molar-refractivity contribution in [3.05, 3.63) is 0 Å². The van der Waals surface area contributed by atoms with Crippen LogP contribution in [0.5, 0.6) is 0 Å². The van der Waals surface area contributed by atoms with Crippen LogP contribution in [0.3, 0.4) is 0 Å². The monoisotopic (exact) mass is 244 g/mol. The number of amides is 1.